The van der Waals surface area contributed by atoms with Crippen LogP contribution in [0.4, 0.5) is 11.5 Å². The Morgan fingerprint density at radius 3 is 2.44 bits per heavy atom. The molecule has 0 saturated heterocycles. The summed E-state index contributed by atoms with van der Waals surface area (Å²) in [5.41, 5.74) is 3.40. The number of hydrogen-bond donors (Lipinski definition) is 2. The Labute approximate surface area is 148 Å². The quantitative estimate of drug-likeness (QED) is 0.563. The Hall–Kier alpha value is -2.99. The summed E-state index contributed by atoms with van der Waals surface area (Å²) in [6.45, 7) is 0. The van der Waals surface area contributed by atoms with E-state index in [4.69, 9.17) is 21.1 Å². The van der Waals surface area contributed by atoms with Gasteiger partial charge in [0.25, 0.3) is 0 Å². The number of benzene rings is 2. The Balaban J connectivity index is 1.87. The number of halogens is 1. The normalized spacial score (nSPS) is 11.0. The minimum absolute atomic E-state index is 0.654. The minimum Gasteiger partial charge on any atom is -0.493 e. The predicted molar refractivity (Wildman–Crippen MR) is 99.2 cm³/mol. The number of rotatable bonds is 4. The first-order chi connectivity index (χ1) is 12.2. The summed E-state index contributed by atoms with van der Waals surface area (Å²) in [4.78, 5) is 12.1. The van der Waals surface area contributed by atoms with Gasteiger partial charge >= 0.3 is 0 Å². The Morgan fingerprint density at radius 2 is 1.72 bits per heavy atom. The first kappa shape index (κ1) is 15.5. The van der Waals surface area contributed by atoms with Crippen molar-refractivity contribution in [3.63, 3.8) is 0 Å². The number of H-pyrrole nitrogens is 1. The summed E-state index contributed by atoms with van der Waals surface area (Å²) in [7, 11) is 3.22. The maximum Gasteiger partial charge on any atom is 0.162 e. The zero-order valence-electron chi connectivity index (χ0n) is 13.6. The SMILES string of the molecule is COc1cc2[nH]c3c(Nc4ccc(Cl)cc4)ncnc3c2cc1OC. The fourth-order valence-electron chi connectivity index (χ4n) is 2.79. The summed E-state index contributed by atoms with van der Waals surface area (Å²) in [6.07, 6.45) is 1.53. The first-order valence-electron chi connectivity index (χ1n) is 7.60. The minimum atomic E-state index is 0.654. The molecule has 6 nitrogen and oxygen atoms in total. The standard InChI is InChI=1S/C18H15ClN4O2/c1-24-14-7-12-13(8-15(14)25-2)23-17-16(12)20-9-21-18(17)22-11-5-3-10(19)4-6-11/h3-9,23H,1-2H3,(H,20,21,22). The third kappa shape index (κ3) is 2.70. The van der Waals surface area contributed by atoms with Crippen LogP contribution in [-0.2, 0) is 0 Å². The average Bonchev–Trinajstić information content (AvgIpc) is 3.01. The second-order valence-electron chi connectivity index (χ2n) is 5.46. The molecule has 0 aliphatic carbocycles. The van der Waals surface area contributed by atoms with Crippen LogP contribution in [0.1, 0.15) is 0 Å². The second-order valence-corrected chi connectivity index (χ2v) is 5.89. The van der Waals surface area contributed by atoms with E-state index in [1.165, 1.54) is 6.33 Å². The molecule has 2 N–H and O–H groups in total. The highest BCUT2D eigenvalue weighted by Crippen LogP contribution is 2.36. The largest absolute Gasteiger partial charge is 0.493 e. The monoisotopic (exact) mass is 354 g/mol. The van der Waals surface area contributed by atoms with Gasteiger partial charge < -0.3 is 19.8 Å². The van der Waals surface area contributed by atoms with Gasteiger partial charge in [0.15, 0.2) is 17.3 Å². The van der Waals surface area contributed by atoms with Gasteiger partial charge in [-0.1, -0.05) is 11.6 Å². The van der Waals surface area contributed by atoms with Crippen molar-refractivity contribution in [3.05, 3.63) is 47.7 Å². The van der Waals surface area contributed by atoms with Crippen molar-refractivity contribution in [3.8, 4) is 11.5 Å². The third-order valence-corrected chi connectivity index (χ3v) is 4.24. The molecule has 0 spiro atoms. The summed E-state index contributed by atoms with van der Waals surface area (Å²) in [5.74, 6) is 1.99. The fourth-order valence-corrected chi connectivity index (χ4v) is 2.91. The molecule has 2 heterocycles. The molecule has 25 heavy (non-hydrogen) atoms. The lowest BCUT2D eigenvalue weighted by atomic mass is 10.2. The highest BCUT2D eigenvalue weighted by atomic mass is 35.5. The number of nitrogens with one attached hydrogen (secondary N) is 2. The van der Waals surface area contributed by atoms with E-state index in [0.717, 1.165) is 27.6 Å². The van der Waals surface area contributed by atoms with Gasteiger partial charge in [0.05, 0.1) is 19.7 Å². The van der Waals surface area contributed by atoms with Gasteiger partial charge in [-0.3, -0.25) is 0 Å². The zero-order valence-corrected chi connectivity index (χ0v) is 14.4. The second kappa shape index (κ2) is 6.14. The Kier molecular flexibility index (Phi) is 3.82. The fraction of sp³-hybridized carbons (Fsp3) is 0.111. The number of hydrogen-bond acceptors (Lipinski definition) is 5. The number of nitrogens with zero attached hydrogens (tertiary/aromatic N) is 2. The number of anilines is 2. The van der Waals surface area contributed by atoms with Crippen molar-refractivity contribution in [1.82, 2.24) is 15.0 Å². The molecule has 0 saturated carbocycles. The maximum atomic E-state index is 5.94. The number of ether oxygens (including phenoxy) is 2. The lowest BCUT2D eigenvalue weighted by Crippen LogP contribution is -1.95. The number of aromatic nitrogens is 3. The molecule has 4 aromatic rings. The van der Waals surface area contributed by atoms with E-state index in [2.05, 4.69) is 20.3 Å². The van der Waals surface area contributed by atoms with Gasteiger partial charge in [0, 0.05) is 22.2 Å². The molecule has 7 heteroatoms. The van der Waals surface area contributed by atoms with Gasteiger partial charge in [-0.05, 0) is 30.3 Å². The van der Waals surface area contributed by atoms with E-state index in [1.54, 1.807) is 14.2 Å². The van der Waals surface area contributed by atoms with E-state index in [9.17, 15) is 0 Å². The molecule has 2 aromatic heterocycles. The highest BCUT2D eigenvalue weighted by Gasteiger charge is 2.14. The maximum absolute atomic E-state index is 5.94. The van der Waals surface area contributed by atoms with Crippen LogP contribution < -0.4 is 14.8 Å². The molecule has 0 amide bonds. The van der Waals surface area contributed by atoms with Crippen molar-refractivity contribution < 1.29 is 9.47 Å². The summed E-state index contributed by atoms with van der Waals surface area (Å²) in [6, 6.07) is 11.2. The Bertz CT molecular complexity index is 1060. The summed E-state index contributed by atoms with van der Waals surface area (Å²) < 4.78 is 10.8. The molecule has 0 fully saturated rings. The van der Waals surface area contributed by atoms with Gasteiger partial charge in [-0.15, -0.1) is 0 Å². The molecular weight excluding hydrogens is 340 g/mol. The number of fused-ring (bicyclic) bond motifs is 3. The van der Waals surface area contributed by atoms with Crippen molar-refractivity contribution in [1.29, 1.82) is 0 Å². The molecule has 0 unspecified atom stereocenters. The van der Waals surface area contributed by atoms with Gasteiger partial charge in [0.1, 0.15) is 17.4 Å². The molecule has 126 valence electrons. The number of methoxy groups -OCH3 is 2. The van der Waals surface area contributed by atoms with E-state index < -0.39 is 0 Å². The lowest BCUT2D eigenvalue weighted by Gasteiger charge is -2.07. The predicted octanol–water partition coefficient (Wildman–Crippen LogP) is 4.53. The Morgan fingerprint density at radius 1 is 1.00 bits per heavy atom. The van der Waals surface area contributed by atoms with Gasteiger partial charge in [-0.2, -0.15) is 0 Å². The van der Waals surface area contributed by atoms with Crippen molar-refractivity contribution in [2.45, 2.75) is 0 Å². The van der Waals surface area contributed by atoms with E-state index >= 15 is 0 Å². The topological polar surface area (TPSA) is 72.1 Å². The van der Waals surface area contributed by atoms with E-state index in [-0.39, 0.29) is 0 Å². The van der Waals surface area contributed by atoms with Gasteiger partial charge in [-0.25, -0.2) is 9.97 Å². The molecule has 0 bridgehead atoms. The van der Waals surface area contributed by atoms with E-state index in [1.807, 2.05) is 36.4 Å². The lowest BCUT2D eigenvalue weighted by molar-refractivity contribution is 0.356. The van der Waals surface area contributed by atoms with Crippen LogP contribution in [0, 0.1) is 0 Å². The third-order valence-electron chi connectivity index (χ3n) is 3.99. The highest BCUT2D eigenvalue weighted by molar-refractivity contribution is 6.30. The zero-order chi connectivity index (χ0) is 17.4. The van der Waals surface area contributed by atoms with Crippen LogP contribution in [0.25, 0.3) is 21.9 Å². The van der Waals surface area contributed by atoms with Crippen molar-refractivity contribution >= 4 is 45.0 Å². The van der Waals surface area contributed by atoms with Crippen molar-refractivity contribution in [2.24, 2.45) is 0 Å². The summed E-state index contributed by atoms with van der Waals surface area (Å²) >= 11 is 5.94. The molecule has 4 rings (SSSR count). The molecular formula is C18H15ClN4O2. The molecule has 0 radical (unpaired) electrons. The summed E-state index contributed by atoms with van der Waals surface area (Å²) in [5, 5.41) is 4.91. The molecule has 2 aromatic carbocycles. The number of aromatic amines is 1. The van der Waals surface area contributed by atoms with Crippen LogP contribution >= 0.6 is 11.6 Å². The van der Waals surface area contributed by atoms with Crippen LogP contribution in [-0.4, -0.2) is 29.2 Å². The average molecular weight is 355 g/mol. The first-order valence-corrected chi connectivity index (χ1v) is 7.98. The van der Waals surface area contributed by atoms with Crippen LogP contribution in [0.5, 0.6) is 11.5 Å². The van der Waals surface area contributed by atoms with Crippen LogP contribution in [0.3, 0.4) is 0 Å². The van der Waals surface area contributed by atoms with Crippen LogP contribution in [0.2, 0.25) is 5.02 Å². The smallest absolute Gasteiger partial charge is 0.162 e. The molecule has 0 aliphatic rings. The van der Waals surface area contributed by atoms with E-state index in [0.29, 0.717) is 22.3 Å². The van der Waals surface area contributed by atoms with Crippen molar-refractivity contribution in [2.75, 3.05) is 19.5 Å². The molecule has 0 aliphatic heterocycles. The van der Waals surface area contributed by atoms with Gasteiger partial charge in [0.2, 0.25) is 0 Å². The van der Waals surface area contributed by atoms with Crippen LogP contribution in [0.15, 0.2) is 42.7 Å². The molecule has 0 atom stereocenters.